The van der Waals surface area contributed by atoms with E-state index in [4.69, 9.17) is 30.2 Å². The zero-order valence-corrected chi connectivity index (χ0v) is 13.8. The van der Waals surface area contributed by atoms with E-state index >= 15 is 0 Å². The molecule has 3 rings (SSSR count). The van der Waals surface area contributed by atoms with Gasteiger partial charge < -0.3 is 18.6 Å². The first-order valence-corrected chi connectivity index (χ1v) is 7.42. The van der Waals surface area contributed by atoms with Gasteiger partial charge in [0, 0.05) is 17.2 Å². The van der Waals surface area contributed by atoms with Gasteiger partial charge in [-0.1, -0.05) is 11.6 Å². The summed E-state index contributed by atoms with van der Waals surface area (Å²) in [6.45, 7) is 0.0150. The summed E-state index contributed by atoms with van der Waals surface area (Å²) in [4.78, 5) is 16.4. The van der Waals surface area contributed by atoms with Crippen molar-refractivity contribution in [2.45, 2.75) is 6.61 Å². The summed E-state index contributed by atoms with van der Waals surface area (Å²) in [5, 5.41) is 0.918. The van der Waals surface area contributed by atoms with Crippen molar-refractivity contribution in [1.82, 2.24) is 4.98 Å². The van der Waals surface area contributed by atoms with Crippen LogP contribution in [0.5, 0.6) is 17.2 Å². The minimum absolute atomic E-state index is 0.0150. The molecule has 7 heteroatoms. The van der Waals surface area contributed by atoms with Crippen LogP contribution in [-0.2, 0) is 6.61 Å². The number of halogens is 1. The second-order valence-corrected chi connectivity index (χ2v) is 5.30. The minimum Gasteiger partial charge on any atom is -0.493 e. The molecular formula is C17H14ClNO5. The molecule has 6 nitrogen and oxygen atoms in total. The van der Waals surface area contributed by atoms with Crippen molar-refractivity contribution in [3.8, 4) is 17.2 Å². The molecule has 0 fully saturated rings. The smallest absolute Gasteiger partial charge is 0.347 e. The van der Waals surface area contributed by atoms with Gasteiger partial charge in [0.2, 0.25) is 5.89 Å². The zero-order chi connectivity index (χ0) is 17.1. The quantitative estimate of drug-likeness (QED) is 0.704. The van der Waals surface area contributed by atoms with Gasteiger partial charge in [-0.15, -0.1) is 0 Å². The van der Waals surface area contributed by atoms with E-state index in [2.05, 4.69) is 4.98 Å². The van der Waals surface area contributed by atoms with Gasteiger partial charge in [-0.2, -0.15) is 0 Å². The highest BCUT2D eigenvalue weighted by atomic mass is 35.5. The fraction of sp³-hybridized carbons (Fsp3) is 0.176. The first-order valence-electron chi connectivity index (χ1n) is 7.05. The average molecular weight is 348 g/mol. The maximum atomic E-state index is 12.1. The minimum atomic E-state index is -0.518. The van der Waals surface area contributed by atoms with Crippen molar-refractivity contribution in [2.24, 2.45) is 0 Å². The number of nitrogens with zero attached hydrogens (tertiary/aromatic N) is 1. The molecule has 0 amide bonds. The molecule has 3 aromatic rings. The molecule has 0 saturated carbocycles. The van der Waals surface area contributed by atoms with E-state index in [1.807, 2.05) is 0 Å². The third-order valence-electron chi connectivity index (χ3n) is 3.35. The lowest BCUT2D eigenvalue weighted by molar-refractivity contribution is 0.253. The Morgan fingerprint density at radius 1 is 1.08 bits per heavy atom. The third kappa shape index (κ3) is 3.28. The summed E-state index contributed by atoms with van der Waals surface area (Å²) in [5.74, 6) is 1.67. The Hall–Kier alpha value is -2.73. The summed E-state index contributed by atoms with van der Waals surface area (Å²) >= 11 is 5.82. The molecule has 0 aliphatic rings. The first-order chi connectivity index (χ1) is 11.6. The second kappa shape index (κ2) is 6.80. The summed E-state index contributed by atoms with van der Waals surface area (Å²) in [7, 11) is 3.01. The van der Waals surface area contributed by atoms with Crippen molar-refractivity contribution in [3.63, 3.8) is 0 Å². The summed E-state index contributed by atoms with van der Waals surface area (Å²) in [5.41, 5.74) is -0.0748. The van der Waals surface area contributed by atoms with Crippen molar-refractivity contribution >= 4 is 22.5 Å². The number of fused-ring (bicyclic) bond motifs is 1. The molecule has 1 aromatic heterocycles. The number of methoxy groups -OCH3 is 2. The van der Waals surface area contributed by atoms with Crippen LogP contribution >= 0.6 is 11.6 Å². The fourth-order valence-corrected chi connectivity index (χ4v) is 2.31. The lowest BCUT2D eigenvalue weighted by Crippen LogP contribution is -2.08. The molecule has 0 radical (unpaired) electrons. The van der Waals surface area contributed by atoms with Gasteiger partial charge in [0.05, 0.1) is 25.1 Å². The lowest BCUT2D eigenvalue weighted by atomic mass is 10.2. The number of aromatic nitrogens is 1. The molecule has 0 atom stereocenters. The number of hydrogen-bond acceptors (Lipinski definition) is 6. The highest BCUT2D eigenvalue weighted by Gasteiger charge is 2.12. The molecule has 0 unspecified atom stereocenters. The van der Waals surface area contributed by atoms with Gasteiger partial charge in [0.15, 0.2) is 18.1 Å². The predicted octanol–water partition coefficient (Wildman–Crippen LogP) is 3.44. The number of ether oxygens (including phenoxy) is 3. The van der Waals surface area contributed by atoms with Crippen LogP contribution in [0, 0.1) is 0 Å². The van der Waals surface area contributed by atoms with Gasteiger partial charge in [0.25, 0.3) is 0 Å². The lowest BCUT2D eigenvalue weighted by Gasteiger charge is -2.09. The normalized spacial score (nSPS) is 10.6. The van der Waals surface area contributed by atoms with Crippen LogP contribution in [0.3, 0.4) is 0 Å². The van der Waals surface area contributed by atoms with Gasteiger partial charge in [-0.05, 0) is 24.3 Å². The second-order valence-electron chi connectivity index (χ2n) is 4.86. The van der Waals surface area contributed by atoms with Crippen molar-refractivity contribution < 1.29 is 18.6 Å². The van der Waals surface area contributed by atoms with Crippen LogP contribution in [0.15, 0.2) is 45.6 Å². The molecule has 0 N–H and O–H groups in total. The van der Waals surface area contributed by atoms with E-state index < -0.39 is 5.63 Å². The first kappa shape index (κ1) is 16.1. The largest absolute Gasteiger partial charge is 0.493 e. The van der Waals surface area contributed by atoms with E-state index in [-0.39, 0.29) is 12.5 Å². The number of rotatable bonds is 5. The Bertz CT molecular complexity index is 921. The summed E-state index contributed by atoms with van der Waals surface area (Å²) in [6.07, 6.45) is 0. The molecule has 0 bridgehead atoms. The summed E-state index contributed by atoms with van der Waals surface area (Å²) in [6, 6.07) is 10.0. The van der Waals surface area contributed by atoms with Crippen molar-refractivity contribution in [2.75, 3.05) is 14.2 Å². The van der Waals surface area contributed by atoms with E-state index in [1.165, 1.54) is 20.3 Å². The summed E-state index contributed by atoms with van der Waals surface area (Å²) < 4.78 is 21.1. The Morgan fingerprint density at radius 3 is 2.42 bits per heavy atom. The maximum Gasteiger partial charge on any atom is 0.347 e. The SMILES string of the molecule is COc1cc2nc(COc3ccc(Cl)cc3)oc(=O)c2cc1OC. The van der Waals surface area contributed by atoms with E-state index in [9.17, 15) is 4.79 Å². The average Bonchev–Trinajstić information content (AvgIpc) is 2.60. The fourth-order valence-electron chi connectivity index (χ4n) is 2.18. The Morgan fingerprint density at radius 2 is 1.75 bits per heavy atom. The molecule has 0 aliphatic heterocycles. The van der Waals surface area contributed by atoms with Crippen LogP contribution < -0.4 is 19.8 Å². The Balaban J connectivity index is 1.92. The molecule has 1 heterocycles. The van der Waals surface area contributed by atoms with Gasteiger partial charge in [-0.3, -0.25) is 0 Å². The monoisotopic (exact) mass is 347 g/mol. The molecule has 0 saturated heterocycles. The molecule has 2 aromatic carbocycles. The van der Waals surface area contributed by atoms with Crippen molar-refractivity contribution in [3.05, 3.63) is 57.7 Å². The zero-order valence-electron chi connectivity index (χ0n) is 13.0. The molecule has 0 spiro atoms. The molecule has 124 valence electrons. The third-order valence-corrected chi connectivity index (χ3v) is 3.61. The van der Waals surface area contributed by atoms with Gasteiger partial charge in [0.1, 0.15) is 5.75 Å². The Kier molecular flexibility index (Phi) is 4.57. The molecule has 0 aliphatic carbocycles. The number of benzene rings is 2. The highest BCUT2D eigenvalue weighted by Crippen LogP contribution is 2.30. The topological polar surface area (TPSA) is 70.8 Å². The molecular weight excluding hydrogens is 334 g/mol. The van der Waals surface area contributed by atoms with Gasteiger partial charge >= 0.3 is 5.63 Å². The van der Waals surface area contributed by atoms with Crippen LogP contribution in [0.2, 0.25) is 5.02 Å². The van der Waals surface area contributed by atoms with E-state index in [1.54, 1.807) is 30.3 Å². The van der Waals surface area contributed by atoms with Crippen LogP contribution in [0.25, 0.3) is 10.9 Å². The number of hydrogen-bond donors (Lipinski definition) is 0. The van der Waals surface area contributed by atoms with Crippen LogP contribution in [-0.4, -0.2) is 19.2 Å². The molecule has 24 heavy (non-hydrogen) atoms. The predicted molar refractivity (Wildman–Crippen MR) is 89.2 cm³/mol. The van der Waals surface area contributed by atoms with Crippen LogP contribution in [0.1, 0.15) is 5.89 Å². The highest BCUT2D eigenvalue weighted by molar-refractivity contribution is 6.30. The van der Waals surface area contributed by atoms with Crippen LogP contribution in [0.4, 0.5) is 0 Å². The van der Waals surface area contributed by atoms with Gasteiger partial charge in [-0.25, -0.2) is 9.78 Å². The van der Waals surface area contributed by atoms with Crippen molar-refractivity contribution in [1.29, 1.82) is 0 Å². The standard InChI is InChI=1S/C17H14ClNO5/c1-21-14-7-12-13(8-15(14)22-2)19-16(24-17(12)20)9-23-11-5-3-10(18)4-6-11/h3-8H,9H2,1-2H3. The Labute approximate surface area is 142 Å². The van der Waals surface area contributed by atoms with E-state index in [0.717, 1.165) is 0 Å². The maximum absolute atomic E-state index is 12.1. The van der Waals surface area contributed by atoms with E-state index in [0.29, 0.717) is 33.2 Å².